The average Bonchev–Trinajstić information content (AvgIpc) is 1.88. The van der Waals surface area contributed by atoms with Crippen molar-refractivity contribution in [2.75, 3.05) is 0 Å². The van der Waals surface area contributed by atoms with Gasteiger partial charge in [-0.05, 0) is 18.4 Å². The van der Waals surface area contributed by atoms with E-state index in [4.69, 9.17) is 5.84 Å². The Balaban J connectivity index is 4.24. The molecule has 0 unspecified atom stereocenters. The lowest BCUT2D eigenvalue weighted by Gasteiger charge is -2.12. The molecule has 0 radical (unpaired) electrons. The SMILES string of the molecule is C=C(NN)/C(=C\C)C(C)C. The van der Waals surface area contributed by atoms with Gasteiger partial charge in [-0.3, -0.25) is 5.84 Å². The van der Waals surface area contributed by atoms with E-state index in [1.54, 1.807) is 0 Å². The number of nitrogens with one attached hydrogen (secondary N) is 1. The molecule has 0 rings (SSSR count). The highest BCUT2D eigenvalue weighted by molar-refractivity contribution is 5.26. The van der Waals surface area contributed by atoms with Crippen LogP contribution in [0.1, 0.15) is 20.8 Å². The fourth-order valence-electron chi connectivity index (χ4n) is 0.939. The Labute approximate surface area is 62.8 Å². The monoisotopic (exact) mass is 140 g/mol. The first-order chi connectivity index (χ1) is 4.63. The molecular weight excluding hydrogens is 124 g/mol. The van der Waals surface area contributed by atoms with Crippen LogP contribution in [0.15, 0.2) is 23.9 Å². The van der Waals surface area contributed by atoms with Gasteiger partial charge in [0.15, 0.2) is 0 Å². The fourth-order valence-corrected chi connectivity index (χ4v) is 0.939. The van der Waals surface area contributed by atoms with E-state index in [2.05, 4.69) is 25.9 Å². The van der Waals surface area contributed by atoms with Gasteiger partial charge in [-0.1, -0.05) is 26.5 Å². The summed E-state index contributed by atoms with van der Waals surface area (Å²) in [5.74, 6) is 5.68. The van der Waals surface area contributed by atoms with Gasteiger partial charge in [0, 0.05) is 5.70 Å². The highest BCUT2D eigenvalue weighted by Gasteiger charge is 2.03. The van der Waals surface area contributed by atoms with E-state index in [0.717, 1.165) is 5.70 Å². The molecule has 0 aromatic rings. The summed E-state index contributed by atoms with van der Waals surface area (Å²) in [4.78, 5) is 0. The number of rotatable bonds is 3. The fraction of sp³-hybridized carbons (Fsp3) is 0.500. The lowest BCUT2D eigenvalue weighted by atomic mass is 10.0. The summed E-state index contributed by atoms with van der Waals surface area (Å²) in [6.45, 7) is 9.96. The van der Waals surface area contributed by atoms with E-state index in [1.807, 2.05) is 13.0 Å². The smallest absolute Gasteiger partial charge is 0.0444 e. The van der Waals surface area contributed by atoms with Crippen LogP contribution in [0, 0.1) is 5.92 Å². The molecule has 0 fully saturated rings. The second-order valence-corrected chi connectivity index (χ2v) is 2.52. The van der Waals surface area contributed by atoms with E-state index in [0.29, 0.717) is 5.92 Å². The van der Waals surface area contributed by atoms with Crippen molar-refractivity contribution >= 4 is 0 Å². The van der Waals surface area contributed by atoms with E-state index in [-0.39, 0.29) is 0 Å². The predicted molar refractivity (Wildman–Crippen MR) is 45.1 cm³/mol. The topological polar surface area (TPSA) is 38.0 Å². The summed E-state index contributed by atoms with van der Waals surface area (Å²) < 4.78 is 0. The first-order valence-electron chi connectivity index (χ1n) is 3.45. The number of hydrogen-bond donors (Lipinski definition) is 2. The molecule has 0 amide bonds. The molecule has 0 aliphatic rings. The quantitative estimate of drug-likeness (QED) is 0.355. The second kappa shape index (κ2) is 4.12. The summed E-state index contributed by atoms with van der Waals surface area (Å²) in [6, 6.07) is 0. The Kier molecular flexibility index (Phi) is 3.81. The van der Waals surface area contributed by atoms with Crippen LogP contribution in [0.25, 0.3) is 0 Å². The Bertz CT molecular complexity index is 145. The van der Waals surface area contributed by atoms with Gasteiger partial charge in [-0.15, -0.1) is 0 Å². The highest BCUT2D eigenvalue weighted by atomic mass is 15.2. The minimum absolute atomic E-state index is 0.480. The standard InChI is InChI=1S/C8H16N2/c1-5-8(6(2)3)7(4)10-9/h5-6,10H,4,9H2,1-3H3/b8-5-. The normalized spacial score (nSPS) is 11.9. The number of nitrogens with two attached hydrogens (primary N) is 1. The second-order valence-electron chi connectivity index (χ2n) is 2.52. The number of hydrogen-bond acceptors (Lipinski definition) is 2. The maximum Gasteiger partial charge on any atom is 0.0444 e. The third-order valence-electron chi connectivity index (χ3n) is 1.46. The molecule has 0 heterocycles. The summed E-state index contributed by atoms with van der Waals surface area (Å²) in [5.41, 5.74) is 4.51. The van der Waals surface area contributed by atoms with Gasteiger partial charge in [-0.25, -0.2) is 0 Å². The van der Waals surface area contributed by atoms with Crippen LogP contribution in [-0.4, -0.2) is 0 Å². The summed E-state index contributed by atoms with van der Waals surface area (Å²) >= 11 is 0. The molecule has 0 aromatic heterocycles. The molecule has 0 atom stereocenters. The Hall–Kier alpha value is -0.760. The summed E-state index contributed by atoms with van der Waals surface area (Å²) in [5, 5.41) is 0. The van der Waals surface area contributed by atoms with Gasteiger partial charge >= 0.3 is 0 Å². The van der Waals surface area contributed by atoms with Crippen LogP contribution < -0.4 is 11.3 Å². The van der Waals surface area contributed by atoms with Crippen molar-refractivity contribution in [2.45, 2.75) is 20.8 Å². The zero-order chi connectivity index (χ0) is 8.15. The van der Waals surface area contributed by atoms with Gasteiger partial charge in [0.1, 0.15) is 0 Å². The van der Waals surface area contributed by atoms with Crippen LogP contribution >= 0.6 is 0 Å². The first kappa shape index (κ1) is 9.24. The van der Waals surface area contributed by atoms with Crippen molar-refractivity contribution in [3.05, 3.63) is 23.9 Å². The Morgan fingerprint density at radius 2 is 2.10 bits per heavy atom. The predicted octanol–water partition coefficient (Wildman–Crippen LogP) is 1.57. The average molecular weight is 140 g/mol. The molecule has 2 nitrogen and oxygen atoms in total. The van der Waals surface area contributed by atoms with E-state index in [9.17, 15) is 0 Å². The van der Waals surface area contributed by atoms with Crippen LogP contribution in [0.4, 0.5) is 0 Å². The largest absolute Gasteiger partial charge is 0.324 e. The highest BCUT2D eigenvalue weighted by Crippen LogP contribution is 2.14. The maximum atomic E-state index is 5.20. The van der Waals surface area contributed by atoms with Gasteiger partial charge in [0.2, 0.25) is 0 Å². The molecule has 0 saturated heterocycles. The zero-order valence-electron chi connectivity index (χ0n) is 6.94. The minimum Gasteiger partial charge on any atom is -0.324 e. The molecular formula is C8H16N2. The van der Waals surface area contributed by atoms with Crippen molar-refractivity contribution < 1.29 is 0 Å². The number of allylic oxidation sites excluding steroid dienone is 2. The van der Waals surface area contributed by atoms with Crippen molar-refractivity contribution in [1.29, 1.82) is 0 Å². The molecule has 3 N–H and O–H groups in total. The van der Waals surface area contributed by atoms with Crippen LogP contribution in [-0.2, 0) is 0 Å². The third-order valence-corrected chi connectivity index (χ3v) is 1.46. The van der Waals surface area contributed by atoms with Crippen LogP contribution in [0.3, 0.4) is 0 Å². The molecule has 10 heavy (non-hydrogen) atoms. The van der Waals surface area contributed by atoms with Gasteiger partial charge < -0.3 is 5.43 Å². The van der Waals surface area contributed by atoms with Crippen molar-refractivity contribution in [2.24, 2.45) is 11.8 Å². The van der Waals surface area contributed by atoms with Crippen molar-refractivity contribution in [3.8, 4) is 0 Å². The maximum absolute atomic E-state index is 5.20. The molecule has 58 valence electrons. The van der Waals surface area contributed by atoms with E-state index >= 15 is 0 Å². The van der Waals surface area contributed by atoms with E-state index < -0.39 is 0 Å². The van der Waals surface area contributed by atoms with Gasteiger partial charge in [-0.2, -0.15) is 0 Å². The van der Waals surface area contributed by atoms with Crippen molar-refractivity contribution in [1.82, 2.24) is 5.43 Å². The van der Waals surface area contributed by atoms with Gasteiger partial charge in [0.25, 0.3) is 0 Å². The summed E-state index contributed by atoms with van der Waals surface area (Å²) in [7, 11) is 0. The number of hydrazine groups is 1. The lowest BCUT2D eigenvalue weighted by molar-refractivity contribution is 0.740. The van der Waals surface area contributed by atoms with Crippen LogP contribution in [0.2, 0.25) is 0 Å². The van der Waals surface area contributed by atoms with E-state index in [1.165, 1.54) is 5.57 Å². The molecule has 0 saturated carbocycles. The Morgan fingerprint density at radius 1 is 1.60 bits per heavy atom. The molecule has 0 bridgehead atoms. The third kappa shape index (κ3) is 2.23. The Morgan fingerprint density at radius 3 is 2.20 bits per heavy atom. The summed E-state index contributed by atoms with van der Waals surface area (Å²) in [6.07, 6.45) is 2.02. The van der Waals surface area contributed by atoms with Crippen molar-refractivity contribution in [3.63, 3.8) is 0 Å². The molecule has 0 aromatic carbocycles. The lowest BCUT2D eigenvalue weighted by Crippen LogP contribution is -2.22. The molecule has 2 heteroatoms. The molecule has 0 aliphatic heterocycles. The minimum atomic E-state index is 0.480. The first-order valence-corrected chi connectivity index (χ1v) is 3.45. The zero-order valence-corrected chi connectivity index (χ0v) is 6.94. The van der Waals surface area contributed by atoms with Crippen LogP contribution in [0.5, 0.6) is 0 Å². The molecule has 0 spiro atoms. The van der Waals surface area contributed by atoms with Gasteiger partial charge in [0.05, 0.1) is 0 Å². The molecule has 0 aliphatic carbocycles.